The number of para-hydroxylation sites is 1. The van der Waals surface area contributed by atoms with Gasteiger partial charge in [-0.25, -0.2) is 0 Å². The van der Waals surface area contributed by atoms with Gasteiger partial charge in [0.15, 0.2) is 0 Å². The summed E-state index contributed by atoms with van der Waals surface area (Å²) in [4.78, 5) is 12.1. The molecule has 0 aliphatic rings. The van der Waals surface area contributed by atoms with Crippen LogP contribution in [0.25, 0.3) is 0 Å². The van der Waals surface area contributed by atoms with Crippen molar-refractivity contribution >= 4 is 5.91 Å². The van der Waals surface area contributed by atoms with Crippen molar-refractivity contribution in [3.8, 4) is 11.5 Å². The van der Waals surface area contributed by atoms with Crippen LogP contribution < -0.4 is 14.8 Å². The number of benzene rings is 2. The molecule has 2 aromatic carbocycles. The Hall–Kier alpha value is -2.49. The highest BCUT2D eigenvalue weighted by Crippen LogP contribution is 2.19. The fourth-order valence-electron chi connectivity index (χ4n) is 2.06. The average molecular weight is 299 g/mol. The zero-order valence-electron chi connectivity index (χ0n) is 13.0. The van der Waals surface area contributed by atoms with Crippen LogP contribution in [0.15, 0.2) is 48.5 Å². The first-order chi connectivity index (χ1) is 10.7. The standard InChI is InChI=1S/C18H21NO3/c1-3-21-17-10-9-15(13-14(17)2)18(20)19-11-12-22-16-7-5-4-6-8-16/h4-10,13H,3,11-12H2,1-2H3,(H,19,20). The third kappa shape index (κ3) is 4.52. The minimum Gasteiger partial charge on any atom is -0.494 e. The predicted molar refractivity (Wildman–Crippen MR) is 86.6 cm³/mol. The molecule has 2 rings (SSSR count). The smallest absolute Gasteiger partial charge is 0.251 e. The van der Waals surface area contributed by atoms with Crippen LogP contribution >= 0.6 is 0 Å². The van der Waals surface area contributed by atoms with Crippen molar-refractivity contribution in [1.29, 1.82) is 0 Å². The summed E-state index contributed by atoms with van der Waals surface area (Å²) in [6.07, 6.45) is 0. The molecule has 0 spiro atoms. The Balaban J connectivity index is 1.81. The van der Waals surface area contributed by atoms with Gasteiger partial charge in [0, 0.05) is 5.56 Å². The van der Waals surface area contributed by atoms with Crippen molar-refractivity contribution in [3.63, 3.8) is 0 Å². The second-order valence-corrected chi connectivity index (χ2v) is 4.83. The van der Waals surface area contributed by atoms with Gasteiger partial charge in [-0.1, -0.05) is 18.2 Å². The molecule has 0 aliphatic heterocycles. The summed E-state index contributed by atoms with van der Waals surface area (Å²) in [5.74, 6) is 1.50. The Morgan fingerprint density at radius 3 is 2.55 bits per heavy atom. The molecule has 4 nitrogen and oxygen atoms in total. The fraction of sp³-hybridized carbons (Fsp3) is 0.278. The number of aryl methyl sites for hydroxylation is 1. The van der Waals surface area contributed by atoms with Crippen molar-refractivity contribution in [2.24, 2.45) is 0 Å². The van der Waals surface area contributed by atoms with Crippen LogP contribution in [0, 0.1) is 6.92 Å². The number of hydrogen-bond donors (Lipinski definition) is 1. The Morgan fingerprint density at radius 2 is 1.86 bits per heavy atom. The van der Waals surface area contributed by atoms with Gasteiger partial charge in [0.25, 0.3) is 5.91 Å². The van der Waals surface area contributed by atoms with Crippen LogP contribution in [0.5, 0.6) is 11.5 Å². The molecule has 1 amide bonds. The first-order valence-corrected chi connectivity index (χ1v) is 7.40. The Morgan fingerprint density at radius 1 is 1.09 bits per heavy atom. The van der Waals surface area contributed by atoms with E-state index in [4.69, 9.17) is 9.47 Å². The van der Waals surface area contributed by atoms with E-state index in [1.807, 2.05) is 56.3 Å². The van der Waals surface area contributed by atoms with Crippen LogP contribution in [0.2, 0.25) is 0 Å². The Kier molecular flexibility index (Phi) is 5.83. The van der Waals surface area contributed by atoms with E-state index in [-0.39, 0.29) is 5.91 Å². The third-order valence-corrected chi connectivity index (χ3v) is 3.14. The van der Waals surface area contributed by atoms with Crippen LogP contribution in [-0.4, -0.2) is 25.7 Å². The van der Waals surface area contributed by atoms with Gasteiger partial charge >= 0.3 is 0 Å². The minimum atomic E-state index is -0.109. The molecule has 4 heteroatoms. The van der Waals surface area contributed by atoms with E-state index in [0.717, 1.165) is 17.1 Å². The largest absolute Gasteiger partial charge is 0.494 e. The van der Waals surface area contributed by atoms with Crippen molar-refractivity contribution in [1.82, 2.24) is 5.32 Å². The molecule has 0 unspecified atom stereocenters. The molecule has 0 heterocycles. The molecule has 116 valence electrons. The monoisotopic (exact) mass is 299 g/mol. The van der Waals surface area contributed by atoms with Crippen LogP contribution in [0.1, 0.15) is 22.8 Å². The van der Waals surface area contributed by atoms with Crippen LogP contribution in [0.3, 0.4) is 0 Å². The molecule has 0 atom stereocenters. The molecule has 0 fully saturated rings. The lowest BCUT2D eigenvalue weighted by atomic mass is 10.1. The molecule has 0 aromatic heterocycles. The first kappa shape index (κ1) is 15.9. The Labute approximate surface area is 131 Å². The third-order valence-electron chi connectivity index (χ3n) is 3.14. The molecule has 1 N–H and O–H groups in total. The van der Waals surface area contributed by atoms with Gasteiger partial charge in [0.1, 0.15) is 18.1 Å². The summed E-state index contributed by atoms with van der Waals surface area (Å²) in [5, 5.41) is 2.84. The van der Waals surface area contributed by atoms with E-state index in [1.165, 1.54) is 0 Å². The molecule has 0 saturated carbocycles. The fourth-order valence-corrected chi connectivity index (χ4v) is 2.06. The summed E-state index contributed by atoms with van der Waals surface area (Å²) in [5.41, 5.74) is 1.58. The van der Waals surface area contributed by atoms with Crippen molar-refractivity contribution in [2.45, 2.75) is 13.8 Å². The van der Waals surface area contributed by atoms with E-state index in [9.17, 15) is 4.79 Å². The number of carbonyl (C=O) groups excluding carboxylic acids is 1. The molecule has 0 saturated heterocycles. The summed E-state index contributed by atoms with van der Waals surface area (Å²) in [6, 6.07) is 15.0. The predicted octanol–water partition coefficient (Wildman–Crippen LogP) is 3.20. The number of carbonyl (C=O) groups is 1. The summed E-state index contributed by atoms with van der Waals surface area (Å²) >= 11 is 0. The highest BCUT2D eigenvalue weighted by atomic mass is 16.5. The quantitative estimate of drug-likeness (QED) is 0.799. The lowest BCUT2D eigenvalue weighted by Gasteiger charge is -2.10. The molecular formula is C18H21NO3. The van der Waals surface area contributed by atoms with Crippen molar-refractivity contribution < 1.29 is 14.3 Å². The second-order valence-electron chi connectivity index (χ2n) is 4.83. The van der Waals surface area contributed by atoms with E-state index >= 15 is 0 Å². The van der Waals surface area contributed by atoms with Crippen molar-refractivity contribution in [3.05, 3.63) is 59.7 Å². The van der Waals surface area contributed by atoms with Gasteiger partial charge in [-0.2, -0.15) is 0 Å². The van der Waals surface area contributed by atoms with Crippen LogP contribution in [-0.2, 0) is 0 Å². The molecule has 0 radical (unpaired) electrons. The van der Waals surface area contributed by atoms with Gasteiger partial charge in [-0.05, 0) is 49.7 Å². The van der Waals surface area contributed by atoms with Crippen molar-refractivity contribution in [2.75, 3.05) is 19.8 Å². The maximum Gasteiger partial charge on any atom is 0.251 e. The maximum absolute atomic E-state index is 12.1. The van der Waals surface area contributed by atoms with Crippen LogP contribution in [0.4, 0.5) is 0 Å². The summed E-state index contributed by atoms with van der Waals surface area (Å²) < 4.78 is 11.0. The van der Waals surface area contributed by atoms with E-state index in [1.54, 1.807) is 6.07 Å². The summed E-state index contributed by atoms with van der Waals surface area (Å²) in [7, 11) is 0. The summed E-state index contributed by atoms with van der Waals surface area (Å²) in [6.45, 7) is 5.38. The Bertz CT molecular complexity index is 611. The normalized spacial score (nSPS) is 10.1. The molecule has 0 bridgehead atoms. The minimum absolute atomic E-state index is 0.109. The van der Waals surface area contributed by atoms with E-state index in [2.05, 4.69) is 5.32 Å². The number of amides is 1. The van der Waals surface area contributed by atoms with Gasteiger partial charge < -0.3 is 14.8 Å². The maximum atomic E-state index is 12.1. The second kappa shape index (κ2) is 8.08. The number of hydrogen-bond acceptors (Lipinski definition) is 3. The molecule has 0 aliphatic carbocycles. The average Bonchev–Trinajstić information content (AvgIpc) is 2.54. The van der Waals surface area contributed by atoms with Gasteiger partial charge in [0.05, 0.1) is 13.2 Å². The van der Waals surface area contributed by atoms with E-state index < -0.39 is 0 Å². The zero-order chi connectivity index (χ0) is 15.8. The lowest BCUT2D eigenvalue weighted by Crippen LogP contribution is -2.28. The number of rotatable bonds is 7. The first-order valence-electron chi connectivity index (χ1n) is 7.40. The zero-order valence-corrected chi connectivity index (χ0v) is 13.0. The molecular weight excluding hydrogens is 278 g/mol. The number of nitrogens with one attached hydrogen (secondary N) is 1. The SMILES string of the molecule is CCOc1ccc(C(=O)NCCOc2ccccc2)cc1C. The lowest BCUT2D eigenvalue weighted by molar-refractivity contribution is 0.0947. The van der Waals surface area contributed by atoms with Gasteiger partial charge in [-0.15, -0.1) is 0 Å². The van der Waals surface area contributed by atoms with E-state index in [0.29, 0.717) is 25.3 Å². The molecule has 2 aromatic rings. The van der Waals surface area contributed by atoms with Gasteiger partial charge in [-0.3, -0.25) is 4.79 Å². The number of ether oxygens (including phenoxy) is 2. The highest BCUT2D eigenvalue weighted by molar-refractivity contribution is 5.94. The topological polar surface area (TPSA) is 47.6 Å². The van der Waals surface area contributed by atoms with Gasteiger partial charge in [0.2, 0.25) is 0 Å². The molecule has 22 heavy (non-hydrogen) atoms. The highest BCUT2D eigenvalue weighted by Gasteiger charge is 2.07.